The largest absolute Gasteiger partial charge is 0.336 e. The molecular weight excluding hydrogens is 387 g/mol. The number of nitrogens with two attached hydrogens (primary N) is 1. The molecule has 1 aromatic carbocycles. The molecule has 2 atom stereocenters. The summed E-state index contributed by atoms with van der Waals surface area (Å²) in [5.41, 5.74) is 6.55. The first-order valence-electron chi connectivity index (χ1n) is 7.04. The lowest BCUT2D eigenvalue weighted by Crippen LogP contribution is -2.44. The van der Waals surface area contributed by atoms with Crippen LogP contribution in [-0.4, -0.2) is 29.9 Å². The van der Waals surface area contributed by atoms with Crippen molar-refractivity contribution in [2.24, 2.45) is 11.7 Å². The molecule has 0 spiro atoms. The third kappa shape index (κ3) is 3.28. The number of benzene rings is 1. The Bertz CT molecular complexity index is 495. The van der Waals surface area contributed by atoms with Gasteiger partial charge in [0.2, 0.25) is 0 Å². The lowest BCUT2D eigenvalue weighted by molar-refractivity contribution is 0.0651. The molecule has 0 bridgehead atoms. The van der Waals surface area contributed by atoms with Gasteiger partial charge in [0.05, 0.1) is 5.56 Å². The summed E-state index contributed by atoms with van der Waals surface area (Å²) in [6.07, 6.45) is 3.33. The molecule has 0 heterocycles. The first-order chi connectivity index (χ1) is 9.58. The van der Waals surface area contributed by atoms with Crippen LogP contribution < -0.4 is 5.73 Å². The van der Waals surface area contributed by atoms with E-state index in [-0.39, 0.29) is 11.9 Å². The number of carbonyl (C=O) groups excluding carboxylic acids is 1. The molecular formula is C15H20ClIN2O. The number of nitrogens with zero attached hydrogens (tertiary/aromatic N) is 1. The molecule has 2 N–H and O–H groups in total. The lowest BCUT2D eigenvalue weighted by Gasteiger charge is -2.32. The second kappa shape index (κ2) is 7.09. The van der Waals surface area contributed by atoms with E-state index < -0.39 is 0 Å². The van der Waals surface area contributed by atoms with E-state index in [1.54, 1.807) is 6.07 Å². The summed E-state index contributed by atoms with van der Waals surface area (Å²) in [5.74, 6) is 0.500. The first-order valence-corrected chi connectivity index (χ1v) is 8.50. The summed E-state index contributed by atoms with van der Waals surface area (Å²) in [5, 5.41) is 0.603. The van der Waals surface area contributed by atoms with Crippen LogP contribution in [0.15, 0.2) is 18.2 Å². The number of hydrogen-bond donors (Lipinski definition) is 1. The SMILES string of the molecule is CCN(C(=O)c1cc(Cl)ccc1I)C1CCCC1CN. The van der Waals surface area contributed by atoms with Crippen molar-refractivity contribution in [3.05, 3.63) is 32.4 Å². The zero-order chi connectivity index (χ0) is 14.7. The molecule has 0 aliphatic heterocycles. The van der Waals surface area contributed by atoms with Crippen molar-refractivity contribution in [2.75, 3.05) is 13.1 Å². The van der Waals surface area contributed by atoms with Crippen molar-refractivity contribution in [3.63, 3.8) is 0 Å². The van der Waals surface area contributed by atoms with Gasteiger partial charge in [-0.15, -0.1) is 0 Å². The van der Waals surface area contributed by atoms with E-state index in [0.717, 1.165) is 22.8 Å². The summed E-state index contributed by atoms with van der Waals surface area (Å²) < 4.78 is 0.942. The van der Waals surface area contributed by atoms with Gasteiger partial charge < -0.3 is 10.6 Å². The number of rotatable bonds is 4. The van der Waals surface area contributed by atoms with Gasteiger partial charge in [-0.2, -0.15) is 0 Å². The fourth-order valence-electron chi connectivity index (χ4n) is 3.05. The maximum atomic E-state index is 12.8. The Kier molecular flexibility index (Phi) is 5.69. The van der Waals surface area contributed by atoms with Gasteiger partial charge in [0.15, 0.2) is 0 Å². The van der Waals surface area contributed by atoms with Gasteiger partial charge in [0, 0.05) is 21.2 Å². The van der Waals surface area contributed by atoms with Gasteiger partial charge in [0.1, 0.15) is 0 Å². The smallest absolute Gasteiger partial charge is 0.255 e. The Labute approximate surface area is 139 Å². The quantitative estimate of drug-likeness (QED) is 0.778. The third-order valence-electron chi connectivity index (χ3n) is 4.08. The maximum absolute atomic E-state index is 12.8. The van der Waals surface area contributed by atoms with Gasteiger partial charge in [-0.3, -0.25) is 4.79 Å². The van der Waals surface area contributed by atoms with Crippen molar-refractivity contribution in [1.29, 1.82) is 0 Å². The Balaban J connectivity index is 2.27. The fraction of sp³-hybridized carbons (Fsp3) is 0.533. The fourth-order valence-corrected chi connectivity index (χ4v) is 3.79. The van der Waals surface area contributed by atoms with Crippen molar-refractivity contribution >= 4 is 40.1 Å². The highest BCUT2D eigenvalue weighted by Crippen LogP contribution is 2.31. The molecule has 1 amide bonds. The van der Waals surface area contributed by atoms with Gasteiger partial charge in [-0.25, -0.2) is 0 Å². The van der Waals surface area contributed by atoms with Crippen molar-refractivity contribution in [2.45, 2.75) is 32.2 Å². The molecule has 1 aliphatic carbocycles. The highest BCUT2D eigenvalue weighted by atomic mass is 127. The van der Waals surface area contributed by atoms with E-state index in [1.807, 2.05) is 24.0 Å². The number of halogens is 2. The van der Waals surface area contributed by atoms with Crippen LogP contribution in [0.25, 0.3) is 0 Å². The van der Waals surface area contributed by atoms with Crippen LogP contribution in [0, 0.1) is 9.49 Å². The van der Waals surface area contributed by atoms with E-state index in [4.69, 9.17) is 17.3 Å². The average Bonchev–Trinajstić information content (AvgIpc) is 2.90. The molecule has 1 fully saturated rings. The number of carbonyl (C=O) groups is 1. The van der Waals surface area contributed by atoms with Gasteiger partial charge >= 0.3 is 0 Å². The molecule has 2 rings (SSSR count). The van der Waals surface area contributed by atoms with Gasteiger partial charge in [0.25, 0.3) is 5.91 Å². The average molecular weight is 407 g/mol. The van der Waals surface area contributed by atoms with E-state index in [1.165, 1.54) is 0 Å². The van der Waals surface area contributed by atoms with Crippen LogP contribution in [0.3, 0.4) is 0 Å². The number of hydrogen-bond acceptors (Lipinski definition) is 2. The van der Waals surface area contributed by atoms with Gasteiger partial charge in [-0.1, -0.05) is 18.0 Å². The van der Waals surface area contributed by atoms with E-state index in [9.17, 15) is 4.79 Å². The highest BCUT2D eigenvalue weighted by Gasteiger charge is 2.33. The second-order valence-corrected chi connectivity index (χ2v) is 6.81. The van der Waals surface area contributed by atoms with Crippen molar-refractivity contribution in [3.8, 4) is 0 Å². The maximum Gasteiger partial charge on any atom is 0.255 e. The Morgan fingerprint density at radius 2 is 2.25 bits per heavy atom. The lowest BCUT2D eigenvalue weighted by atomic mass is 10.0. The molecule has 1 saturated carbocycles. The van der Waals surface area contributed by atoms with E-state index >= 15 is 0 Å². The summed E-state index contributed by atoms with van der Waals surface area (Å²) >= 11 is 8.22. The first kappa shape index (κ1) is 16.0. The zero-order valence-electron chi connectivity index (χ0n) is 11.6. The van der Waals surface area contributed by atoms with Crippen LogP contribution in [0.4, 0.5) is 0 Å². The van der Waals surface area contributed by atoms with Crippen LogP contribution in [0.1, 0.15) is 36.5 Å². The second-order valence-electron chi connectivity index (χ2n) is 5.21. The Hall–Kier alpha value is -0.330. The molecule has 2 unspecified atom stereocenters. The molecule has 20 heavy (non-hydrogen) atoms. The predicted octanol–water partition coefficient (Wildman–Crippen LogP) is 3.53. The van der Waals surface area contributed by atoms with E-state index in [0.29, 0.717) is 29.6 Å². The molecule has 5 heteroatoms. The molecule has 3 nitrogen and oxygen atoms in total. The highest BCUT2D eigenvalue weighted by molar-refractivity contribution is 14.1. The molecule has 1 aromatic rings. The summed E-state index contributed by atoms with van der Waals surface area (Å²) in [7, 11) is 0. The topological polar surface area (TPSA) is 46.3 Å². The Morgan fingerprint density at radius 1 is 1.50 bits per heavy atom. The normalized spacial score (nSPS) is 22.0. The molecule has 0 saturated heterocycles. The van der Waals surface area contributed by atoms with Crippen LogP contribution in [-0.2, 0) is 0 Å². The number of amides is 1. The molecule has 0 radical (unpaired) electrons. The third-order valence-corrected chi connectivity index (χ3v) is 5.26. The molecule has 1 aliphatic rings. The van der Waals surface area contributed by atoms with Crippen molar-refractivity contribution < 1.29 is 4.79 Å². The monoisotopic (exact) mass is 406 g/mol. The minimum Gasteiger partial charge on any atom is -0.336 e. The predicted molar refractivity (Wildman–Crippen MR) is 91.1 cm³/mol. The van der Waals surface area contributed by atoms with Crippen LogP contribution in [0.5, 0.6) is 0 Å². The minimum atomic E-state index is 0.0738. The molecule has 0 aromatic heterocycles. The molecule has 110 valence electrons. The summed E-state index contributed by atoms with van der Waals surface area (Å²) in [6, 6.07) is 5.74. The minimum absolute atomic E-state index is 0.0738. The summed E-state index contributed by atoms with van der Waals surface area (Å²) in [4.78, 5) is 14.8. The van der Waals surface area contributed by atoms with Crippen LogP contribution in [0.2, 0.25) is 5.02 Å². The zero-order valence-corrected chi connectivity index (χ0v) is 14.5. The van der Waals surface area contributed by atoms with Crippen molar-refractivity contribution in [1.82, 2.24) is 4.90 Å². The van der Waals surface area contributed by atoms with Crippen LogP contribution >= 0.6 is 34.2 Å². The Morgan fingerprint density at radius 3 is 2.90 bits per heavy atom. The van der Waals surface area contributed by atoms with E-state index in [2.05, 4.69) is 22.6 Å². The van der Waals surface area contributed by atoms with Gasteiger partial charge in [-0.05, 0) is 73.0 Å². The standard InChI is InChI=1S/C15H20ClIN2O/c1-2-19(14-5-3-4-10(14)9-18)15(20)12-8-11(16)6-7-13(12)17/h6-8,10,14H,2-5,9,18H2,1H3. The summed E-state index contributed by atoms with van der Waals surface area (Å²) in [6.45, 7) is 3.39.